The second kappa shape index (κ2) is 6.99. The van der Waals surface area contributed by atoms with Crippen LogP contribution in [-0.2, 0) is 6.42 Å². The van der Waals surface area contributed by atoms with Crippen molar-refractivity contribution >= 4 is 50.3 Å². The number of amides is 1. The number of fused-ring (bicyclic) bond motifs is 1. The number of halogens is 1. The van der Waals surface area contributed by atoms with Crippen LogP contribution in [0.3, 0.4) is 0 Å². The summed E-state index contributed by atoms with van der Waals surface area (Å²) in [6, 6.07) is 7.58. The van der Waals surface area contributed by atoms with Crippen LogP contribution in [0.4, 0.5) is 5.13 Å². The van der Waals surface area contributed by atoms with Crippen molar-refractivity contribution in [2.24, 2.45) is 0 Å². The first kappa shape index (κ1) is 16.9. The number of carbonyl (C=O) groups excluding carboxylic acids is 1. The van der Waals surface area contributed by atoms with Gasteiger partial charge in [-0.25, -0.2) is 9.97 Å². The molecule has 1 N–H and O–H groups in total. The molecule has 0 fully saturated rings. The minimum atomic E-state index is -0.522. The Morgan fingerprint density at radius 1 is 1.27 bits per heavy atom. The topological polar surface area (TPSA) is 76.4 Å². The van der Waals surface area contributed by atoms with E-state index >= 15 is 0 Å². The van der Waals surface area contributed by atoms with Crippen LogP contribution in [0.25, 0.3) is 4.96 Å². The van der Waals surface area contributed by atoms with Gasteiger partial charge in [-0.1, -0.05) is 23.7 Å². The summed E-state index contributed by atoms with van der Waals surface area (Å²) in [5.74, 6) is -0.522. The van der Waals surface area contributed by atoms with Crippen LogP contribution >= 0.6 is 34.3 Å². The van der Waals surface area contributed by atoms with E-state index in [9.17, 15) is 9.59 Å². The molecular weight excluding hydrogens is 392 g/mol. The molecule has 4 rings (SSSR count). The molecule has 0 aliphatic rings. The van der Waals surface area contributed by atoms with Crippen LogP contribution in [-0.4, -0.2) is 20.3 Å². The van der Waals surface area contributed by atoms with Gasteiger partial charge in [-0.3, -0.25) is 19.3 Å². The molecule has 3 aromatic heterocycles. The van der Waals surface area contributed by atoms with E-state index in [1.54, 1.807) is 17.8 Å². The van der Waals surface area contributed by atoms with Crippen molar-refractivity contribution < 1.29 is 4.79 Å². The third-order valence-electron chi connectivity index (χ3n) is 3.63. The quantitative estimate of drug-likeness (QED) is 0.564. The van der Waals surface area contributed by atoms with Crippen molar-refractivity contribution in [1.29, 1.82) is 0 Å². The highest BCUT2D eigenvalue weighted by Gasteiger charge is 2.15. The molecule has 9 heteroatoms. The molecule has 0 aliphatic heterocycles. The summed E-state index contributed by atoms with van der Waals surface area (Å²) in [5, 5.41) is 5.52. The molecular formula is C17H11ClN4O2S2. The van der Waals surface area contributed by atoms with E-state index in [-0.39, 0.29) is 5.56 Å². The first-order valence-electron chi connectivity index (χ1n) is 7.55. The minimum Gasteiger partial charge on any atom is -0.298 e. The van der Waals surface area contributed by atoms with Crippen molar-refractivity contribution in [3.63, 3.8) is 0 Å². The Labute approximate surface area is 160 Å². The number of thiazole rings is 2. The minimum absolute atomic E-state index is 0.0208. The SMILES string of the molecule is O=C(Nc1ncc(Cc2cccc(Cl)c2)s1)c1cnc2sccn2c1=O. The second-order valence-electron chi connectivity index (χ2n) is 5.43. The number of rotatable bonds is 4. The molecule has 0 unspecified atom stereocenters. The summed E-state index contributed by atoms with van der Waals surface area (Å²) in [6.07, 6.45) is 5.26. The smallest absolute Gasteiger partial charge is 0.271 e. The maximum atomic E-state index is 12.4. The number of aromatic nitrogens is 3. The van der Waals surface area contributed by atoms with E-state index in [2.05, 4.69) is 15.3 Å². The van der Waals surface area contributed by atoms with Gasteiger partial charge in [-0.2, -0.15) is 0 Å². The highest BCUT2D eigenvalue weighted by atomic mass is 35.5. The summed E-state index contributed by atoms with van der Waals surface area (Å²) in [6.45, 7) is 0. The van der Waals surface area contributed by atoms with E-state index in [0.29, 0.717) is 21.5 Å². The van der Waals surface area contributed by atoms with Crippen LogP contribution in [0.5, 0.6) is 0 Å². The first-order chi connectivity index (χ1) is 12.6. The fourth-order valence-corrected chi connectivity index (χ4v) is 4.17. The lowest BCUT2D eigenvalue weighted by molar-refractivity contribution is 0.102. The third kappa shape index (κ3) is 3.39. The molecule has 26 heavy (non-hydrogen) atoms. The molecule has 1 amide bonds. The number of hydrogen-bond donors (Lipinski definition) is 1. The normalized spacial score (nSPS) is 11.0. The lowest BCUT2D eigenvalue weighted by atomic mass is 10.1. The molecule has 0 spiro atoms. The van der Waals surface area contributed by atoms with E-state index < -0.39 is 11.5 Å². The van der Waals surface area contributed by atoms with E-state index in [1.165, 1.54) is 33.3 Å². The van der Waals surface area contributed by atoms with E-state index in [4.69, 9.17) is 11.6 Å². The van der Waals surface area contributed by atoms with Crippen molar-refractivity contribution in [3.05, 3.63) is 79.6 Å². The standard InChI is InChI=1S/C17H11ClN4O2S2/c18-11-3-1-2-10(6-11)7-12-8-19-16(26-12)21-14(23)13-9-20-17-22(15(13)24)4-5-25-17/h1-6,8-9H,7H2,(H,19,21,23). The Bertz CT molecular complexity index is 1160. The number of anilines is 1. The number of nitrogens with zero attached hydrogens (tertiary/aromatic N) is 3. The van der Waals surface area contributed by atoms with Crippen molar-refractivity contribution in [2.45, 2.75) is 6.42 Å². The predicted octanol–water partition coefficient (Wildman–Crippen LogP) is 3.71. The average molecular weight is 403 g/mol. The van der Waals surface area contributed by atoms with Gasteiger partial charge in [0.2, 0.25) is 0 Å². The molecule has 3 heterocycles. The zero-order valence-corrected chi connectivity index (χ0v) is 15.6. The van der Waals surface area contributed by atoms with Crippen LogP contribution in [0.1, 0.15) is 20.8 Å². The lowest BCUT2D eigenvalue weighted by Crippen LogP contribution is -2.25. The van der Waals surface area contributed by atoms with Gasteiger partial charge in [-0.05, 0) is 17.7 Å². The highest BCUT2D eigenvalue weighted by molar-refractivity contribution is 7.15. The summed E-state index contributed by atoms with van der Waals surface area (Å²) < 4.78 is 1.35. The lowest BCUT2D eigenvalue weighted by Gasteiger charge is -2.01. The van der Waals surface area contributed by atoms with Gasteiger partial charge < -0.3 is 0 Å². The Balaban J connectivity index is 1.52. The predicted molar refractivity (Wildman–Crippen MR) is 104 cm³/mol. The summed E-state index contributed by atoms with van der Waals surface area (Å²) in [7, 11) is 0. The molecule has 130 valence electrons. The zero-order valence-electron chi connectivity index (χ0n) is 13.2. The summed E-state index contributed by atoms with van der Waals surface area (Å²) in [4.78, 5) is 34.6. The van der Waals surface area contributed by atoms with Gasteiger partial charge in [0.05, 0.1) is 0 Å². The monoisotopic (exact) mass is 402 g/mol. The van der Waals surface area contributed by atoms with E-state index in [1.807, 2.05) is 24.3 Å². The number of carbonyl (C=O) groups is 1. The molecule has 0 saturated carbocycles. The van der Waals surface area contributed by atoms with Gasteiger partial charge in [0.1, 0.15) is 5.56 Å². The molecule has 6 nitrogen and oxygen atoms in total. The Morgan fingerprint density at radius 3 is 3.00 bits per heavy atom. The Morgan fingerprint density at radius 2 is 2.15 bits per heavy atom. The molecule has 1 aromatic carbocycles. The molecule has 0 saturated heterocycles. The number of benzene rings is 1. The van der Waals surface area contributed by atoms with E-state index in [0.717, 1.165) is 10.4 Å². The van der Waals surface area contributed by atoms with Crippen LogP contribution < -0.4 is 10.9 Å². The van der Waals surface area contributed by atoms with Gasteiger partial charge >= 0.3 is 0 Å². The molecule has 0 radical (unpaired) electrons. The maximum Gasteiger partial charge on any atom is 0.271 e. The third-order valence-corrected chi connectivity index (χ3v) is 5.55. The van der Waals surface area contributed by atoms with Crippen molar-refractivity contribution in [1.82, 2.24) is 14.4 Å². The zero-order chi connectivity index (χ0) is 18.1. The molecule has 0 bridgehead atoms. The Kier molecular flexibility index (Phi) is 4.54. The van der Waals surface area contributed by atoms with Gasteiger partial charge in [0.15, 0.2) is 10.1 Å². The summed E-state index contributed by atoms with van der Waals surface area (Å²) >= 11 is 8.68. The molecule has 0 aliphatic carbocycles. The van der Waals surface area contributed by atoms with Gasteiger partial charge in [-0.15, -0.1) is 22.7 Å². The fourth-order valence-electron chi connectivity index (χ4n) is 2.44. The Hall–Kier alpha value is -2.55. The second-order valence-corrected chi connectivity index (χ2v) is 7.85. The van der Waals surface area contributed by atoms with Crippen LogP contribution in [0.15, 0.2) is 53.0 Å². The summed E-state index contributed by atoms with van der Waals surface area (Å²) in [5.41, 5.74) is 0.640. The number of hydrogen-bond acceptors (Lipinski definition) is 6. The molecule has 4 aromatic rings. The average Bonchev–Trinajstić information content (AvgIpc) is 3.25. The fraction of sp³-hybridized carbons (Fsp3) is 0.0588. The molecule has 0 atom stereocenters. The largest absolute Gasteiger partial charge is 0.298 e. The van der Waals surface area contributed by atoms with Crippen molar-refractivity contribution in [3.8, 4) is 0 Å². The van der Waals surface area contributed by atoms with Crippen molar-refractivity contribution in [2.75, 3.05) is 5.32 Å². The van der Waals surface area contributed by atoms with Crippen LogP contribution in [0.2, 0.25) is 5.02 Å². The maximum absolute atomic E-state index is 12.4. The van der Waals surface area contributed by atoms with Crippen LogP contribution in [0, 0.1) is 0 Å². The first-order valence-corrected chi connectivity index (χ1v) is 9.63. The van der Waals surface area contributed by atoms with Gasteiger partial charge in [0, 0.05) is 40.3 Å². The van der Waals surface area contributed by atoms with Gasteiger partial charge in [0.25, 0.3) is 11.5 Å². The number of nitrogens with one attached hydrogen (secondary N) is 1. The highest BCUT2D eigenvalue weighted by Crippen LogP contribution is 2.22.